The van der Waals surface area contributed by atoms with Crippen molar-refractivity contribution in [1.29, 1.82) is 0 Å². The van der Waals surface area contributed by atoms with Crippen molar-refractivity contribution in [3.05, 3.63) is 60.5 Å². The zero-order chi connectivity index (χ0) is 25.3. The van der Waals surface area contributed by atoms with E-state index in [9.17, 15) is 4.79 Å². The molecule has 1 radical (unpaired) electrons. The minimum Gasteiger partial charge on any atom is -0.494 e. The van der Waals surface area contributed by atoms with Gasteiger partial charge in [0.25, 0.3) is 0 Å². The number of carbonyl (C=O) groups excluding carboxylic acids is 1. The van der Waals surface area contributed by atoms with Gasteiger partial charge in [-0.25, -0.2) is 4.79 Å². The Labute approximate surface area is 218 Å². The van der Waals surface area contributed by atoms with Crippen molar-refractivity contribution in [2.45, 2.75) is 96.8 Å². The normalized spacial score (nSPS) is 13.9. The van der Waals surface area contributed by atoms with Crippen LogP contribution in [0.25, 0.3) is 0 Å². The lowest BCUT2D eigenvalue weighted by molar-refractivity contribution is 0.0734. The maximum Gasteiger partial charge on any atom is 0.343 e. The van der Waals surface area contributed by atoms with E-state index in [1.807, 2.05) is 24.3 Å². The largest absolute Gasteiger partial charge is 0.494 e. The molecule has 36 heavy (non-hydrogen) atoms. The van der Waals surface area contributed by atoms with E-state index in [0.29, 0.717) is 23.8 Å². The molecule has 1 saturated carbocycles. The van der Waals surface area contributed by atoms with E-state index in [1.54, 1.807) is 24.3 Å². The van der Waals surface area contributed by atoms with Crippen LogP contribution in [0.3, 0.4) is 0 Å². The fourth-order valence-corrected chi connectivity index (χ4v) is 4.61. The summed E-state index contributed by atoms with van der Waals surface area (Å²) in [5.41, 5.74) is 0.510. The maximum absolute atomic E-state index is 12.5. The molecule has 1 aliphatic rings. The van der Waals surface area contributed by atoms with Gasteiger partial charge in [0.2, 0.25) is 0 Å². The van der Waals surface area contributed by atoms with E-state index in [1.165, 1.54) is 83.5 Å². The minimum absolute atomic E-state index is 0.372. The van der Waals surface area contributed by atoms with Crippen molar-refractivity contribution in [2.75, 3.05) is 13.2 Å². The molecule has 0 heterocycles. The molecule has 197 valence electrons. The van der Waals surface area contributed by atoms with Gasteiger partial charge in [0, 0.05) is 0 Å². The van der Waals surface area contributed by atoms with Gasteiger partial charge in [-0.05, 0) is 93.0 Å². The lowest BCUT2D eigenvalue weighted by Crippen LogP contribution is -2.15. The summed E-state index contributed by atoms with van der Waals surface area (Å²) in [6.45, 7) is 3.73. The molecule has 0 spiro atoms. The van der Waals surface area contributed by atoms with Gasteiger partial charge in [-0.2, -0.15) is 0 Å². The van der Waals surface area contributed by atoms with Crippen LogP contribution in [-0.4, -0.2) is 19.2 Å². The average Bonchev–Trinajstić information content (AvgIpc) is 2.92. The minimum atomic E-state index is -0.372. The van der Waals surface area contributed by atoms with Crippen molar-refractivity contribution in [1.82, 2.24) is 0 Å². The molecule has 4 nitrogen and oxygen atoms in total. The van der Waals surface area contributed by atoms with Crippen LogP contribution >= 0.6 is 0 Å². The summed E-state index contributed by atoms with van der Waals surface area (Å²) in [5, 5.41) is 0. The fraction of sp³-hybridized carbons (Fsp3) is 0.562. The van der Waals surface area contributed by atoms with E-state index in [4.69, 9.17) is 14.2 Å². The third-order valence-electron chi connectivity index (χ3n) is 6.93. The number of unbranched alkanes of at least 4 members (excludes halogenated alkanes) is 9. The van der Waals surface area contributed by atoms with Crippen molar-refractivity contribution in [3.63, 3.8) is 0 Å². The molecular weight excluding hydrogens is 448 g/mol. The Morgan fingerprint density at radius 1 is 0.694 bits per heavy atom. The van der Waals surface area contributed by atoms with Gasteiger partial charge in [0.1, 0.15) is 17.2 Å². The highest BCUT2D eigenvalue weighted by Crippen LogP contribution is 2.25. The first-order chi connectivity index (χ1) is 17.7. The highest BCUT2D eigenvalue weighted by atomic mass is 16.5. The standard InChI is InChI=1S/C32H45O4/c1-2-3-4-5-6-7-8-9-10-14-25-34-29-19-17-28(18-20-29)32(33)36-31-23-21-30(22-24-31)35-26-27-15-12-11-13-16-27/h11,17-24,27H,2-10,12-16,25-26H2,1H3. The summed E-state index contributed by atoms with van der Waals surface area (Å²) in [4.78, 5) is 12.5. The Balaban J connectivity index is 1.27. The Morgan fingerprint density at radius 2 is 1.22 bits per heavy atom. The number of benzene rings is 2. The van der Waals surface area contributed by atoms with Gasteiger partial charge in [-0.3, -0.25) is 0 Å². The van der Waals surface area contributed by atoms with Crippen LogP contribution in [0.4, 0.5) is 0 Å². The summed E-state index contributed by atoms with van der Waals surface area (Å²) in [5.74, 6) is 2.38. The zero-order valence-corrected chi connectivity index (χ0v) is 22.2. The van der Waals surface area contributed by atoms with Crippen molar-refractivity contribution >= 4 is 5.97 Å². The quantitative estimate of drug-likeness (QED) is 0.125. The van der Waals surface area contributed by atoms with Crippen molar-refractivity contribution < 1.29 is 19.0 Å². The molecule has 4 heteroatoms. The molecule has 3 rings (SSSR count). The molecule has 0 atom stereocenters. The van der Waals surface area contributed by atoms with Crippen LogP contribution in [0, 0.1) is 12.3 Å². The highest BCUT2D eigenvalue weighted by Gasteiger charge is 2.14. The van der Waals surface area contributed by atoms with Crippen molar-refractivity contribution in [2.24, 2.45) is 5.92 Å². The lowest BCUT2D eigenvalue weighted by atomic mass is 9.90. The fourth-order valence-electron chi connectivity index (χ4n) is 4.61. The molecular formula is C32H45O4. The van der Waals surface area contributed by atoms with Gasteiger partial charge in [-0.15, -0.1) is 0 Å². The van der Waals surface area contributed by atoms with E-state index in [2.05, 4.69) is 13.3 Å². The third kappa shape index (κ3) is 11.1. The maximum atomic E-state index is 12.5. The van der Waals surface area contributed by atoms with Crippen LogP contribution in [0.1, 0.15) is 107 Å². The monoisotopic (exact) mass is 493 g/mol. The summed E-state index contributed by atoms with van der Waals surface area (Å²) >= 11 is 0. The van der Waals surface area contributed by atoms with Crippen LogP contribution in [0.5, 0.6) is 17.2 Å². The number of carbonyl (C=O) groups is 1. The topological polar surface area (TPSA) is 44.8 Å². The van der Waals surface area contributed by atoms with Crippen LogP contribution in [0.2, 0.25) is 0 Å². The Morgan fingerprint density at radius 3 is 1.86 bits per heavy atom. The molecule has 0 aliphatic heterocycles. The van der Waals surface area contributed by atoms with Crippen LogP contribution < -0.4 is 14.2 Å². The van der Waals surface area contributed by atoms with Gasteiger partial charge in [0.05, 0.1) is 18.8 Å². The van der Waals surface area contributed by atoms with Gasteiger partial charge in [-0.1, -0.05) is 64.7 Å². The third-order valence-corrected chi connectivity index (χ3v) is 6.93. The number of ether oxygens (including phenoxy) is 3. The second-order valence-electron chi connectivity index (χ2n) is 10.0. The summed E-state index contributed by atoms with van der Waals surface area (Å²) in [6.07, 6.45) is 20.3. The second-order valence-corrected chi connectivity index (χ2v) is 10.0. The van der Waals surface area contributed by atoms with Gasteiger partial charge in [0.15, 0.2) is 0 Å². The second kappa shape index (κ2) is 17.1. The molecule has 0 amide bonds. The molecule has 1 fully saturated rings. The lowest BCUT2D eigenvalue weighted by Gasteiger charge is -2.21. The Kier molecular flexibility index (Phi) is 13.3. The SMILES string of the molecule is CCCCCCCCCCCCOc1ccc(C(=O)Oc2ccc(OCC3CC[CH]CC3)cc2)cc1. The predicted molar refractivity (Wildman–Crippen MR) is 147 cm³/mol. The number of hydrogen-bond acceptors (Lipinski definition) is 4. The first-order valence-corrected chi connectivity index (χ1v) is 14.2. The Hall–Kier alpha value is -2.49. The molecule has 0 unspecified atom stereocenters. The first kappa shape index (κ1) is 28.1. The first-order valence-electron chi connectivity index (χ1n) is 14.2. The molecule has 0 N–H and O–H groups in total. The molecule has 2 aromatic rings. The van der Waals surface area contributed by atoms with E-state index >= 15 is 0 Å². The molecule has 0 aromatic heterocycles. The summed E-state index contributed by atoms with van der Waals surface area (Å²) in [7, 11) is 0. The molecule has 0 saturated heterocycles. The smallest absolute Gasteiger partial charge is 0.343 e. The van der Waals surface area contributed by atoms with Gasteiger partial charge < -0.3 is 14.2 Å². The summed E-state index contributed by atoms with van der Waals surface area (Å²) < 4.78 is 17.3. The molecule has 2 aromatic carbocycles. The van der Waals surface area contributed by atoms with E-state index in [0.717, 1.165) is 24.5 Å². The number of hydrogen-bond donors (Lipinski definition) is 0. The van der Waals surface area contributed by atoms with E-state index < -0.39 is 0 Å². The number of rotatable bonds is 17. The molecule has 1 aliphatic carbocycles. The predicted octanol–water partition coefficient (Wildman–Crippen LogP) is 8.98. The summed E-state index contributed by atoms with van der Waals surface area (Å²) in [6, 6.07) is 14.5. The highest BCUT2D eigenvalue weighted by molar-refractivity contribution is 5.91. The Bertz CT molecular complexity index is 837. The number of esters is 1. The molecule has 0 bridgehead atoms. The zero-order valence-electron chi connectivity index (χ0n) is 22.2. The average molecular weight is 494 g/mol. The van der Waals surface area contributed by atoms with Crippen LogP contribution in [-0.2, 0) is 0 Å². The van der Waals surface area contributed by atoms with E-state index in [-0.39, 0.29) is 5.97 Å². The van der Waals surface area contributed by atoms with Crippen molar-refractivity contribution in [3.8, 4) is 17.2 Å². The van der Waals surface area contributed by atoms with Crippen LogP contribution in [0.15, 0.2) is 48.5 Å². The van der Waals surface area contributed by atoms with Gasteiger partial charge >= 0.3 is 5.97 Å².